The number of hydrogen-bond donors (Lipinski definition) is 0. The maximum Gasteiger partial charge on any atom is 0.147 e. The third-order valence-electron chi connectivity index (χ3n) is 3.43. The van der Waals surface area contributed by atoms with E-state index in [-0.39, 0.29) is 5.41 Å². The van der Waals surface area contributed by atoms with Gasteiger partial charge in [-0.05, 0) is 24.8 Å². The molecule has 2 atom stereocenters. The third-order valence-corrected chi connectivity index (χ3v) is 3.43. The van der Waals surface area contributed by atoms with Gasteiger partial charge in [0.1, 0.15) is 5.78 Å². The Hall–Kier alpha value is -1.37. The average Bonchev–Trinajstić information content (AvgIpc) is 2.40. The molecule has 15 heavy (non-hydrogen) atoms. The summed E-state index contributed by atoms with van der Waals surface area (Å²) in [5.74, 6) is 0.688. The largest absolute Gasteiger partial charge is 0.298 e. The van der Waals surface area contributed by atoms with Crippen LogP contribution in [0, 0.1) is 11.3 Å². The minimum Gasteiger partial charge on any atom is -0.298 e. The van der Waals surface area contributed by atoms with Crippen LogP contribution in [0.3, 0.4) is 0 Å². The number of fused-ring (bicyclic) bond motifs is 1. The van der Waals surface area contributed by atoms with Gasteiger partial charge in [-0.2, -0.15) is 0 Å². The van der Waals surface area contributed by atoms with E-state index in [9.17, 15) is 4.79 Å². The first kappa shape index (κ1) is 10.2. The Balaban J connectivity index is 2.43. The van der Waals surface area contributed by atoms with Gasteiger partial charge < -0.3 is 0 Å². The normalized spacial score (nSPS) is 33.5. The van der Waals surface area contributed by atoms with Gasteiger partial charge in [0, 0.05) is 6.42 Å². The van der Waals surface area contributed by atoms with E-state index in [2.05, 4.69) is 12.7 Å². The Bertz CT molecular complexity index is 384. The lowest BCUT2D eigenvalue weighted by Gasteiger charge is -2.21. The van der Waals surface area contributed by atoms with Crippen molar-refractivity contribution in [2.75, 3.05) is 0 Å². The number of carbonyl (C=O) groups is 1. The Morgan fingerprint density at radius 1 is 1.53 bits per heavy atom. The summed E-state index contributed by atoms with van der Waals surface area (Å²) >= 11 is 0. The van der Waals surface area contributed by atoms with Crippen molar-refractivity contribution in [2.24, 2.45) is 11.3 Å². The van der Waals surface area contributed by atoms with Crippen molar-refractivity contribution in [3.63, 3.8) is 0 Å². The van der Waals surface area contributed by atoms with Crippen LogP contribution in [-0.2, 0) is 4.79 Å². The molecule has 0 spiro atoms. The van der Waals surface area contributed by atoms with E-state index in [0.717, 1.165) is 6.42 Å². The van der Waals surface area contributed by atoms with Crippen LogP contribution >= 0.6 is 0 Å². The first-order valence-corrected chi connectivity index (χ1v) is 5.39. The molecular weight excluding hydrogens is 184 g/mol. The molecule has 0 aromatic carbocycles. The molecule has 0 aromatic heterocycles. The molecule has 1 fully saturated rings. The highest BCUT2D eigenvalue weighted by atomic mass is 16.1. The van der Waals surface area contributed by atoms with Gasteiger partial charge >= 0.3 is 0 Å². The third kappa shape index (κ3) is 1.52. The topological polar surface area (TPSA) is 17.1 Å². The molecule has 2 aliphatic rings. The highest BCUT2D eigenvalue weighted by Crippen LogP contribution is 2.46. The summed E-state index contributed by atoms with van der Waals surface area (Å²) < 4.78 is 0. The molecule has 0 aliphatic heterocycles. The Morgan fingerprint density at radius 3 is 3.07 bits per heavy atom. The molecule has 0 unspecified atom stereocenters. The maximum absolute atomic E-state index is 12.0. The smallest absolute Gasteiger partial charge is 0.147 e. The van der Waals surface area contributed by atoms with Crippen molar-refractivity contribution < 1.29 is 4.79 Å². The van der Waals surface area contributed by atoms with Crippen LogP contribution in [0.1, 0.15) is 19.8 Å². The lowest BCUT2D eigenvalue weighted by atomic mass is 9.81. The highest BCUT2D eigenvalue weighted by molar-refractivity contribution is 5.93. The van der Waals surface area contributed by atoms with Gasteiger partial charge in [-0.15, -0.1) is 6.58 Å². The fourth-order valence-corrected chi connectivity index (χ4v) is 2.51. The molecule has 1 nitrogen and oxygen atoms in total. The molecule has 1 saturated carbocycles. The minimum absolute atomic E-state index is 0.334. The lowest BCUT2D eigenvalue weighted by Crippen LogP contribution is -2.20. The summed E-state index contributed by atoms with van der Waals surface area (Å²) in [6.45, 7) is 5.78. The maximum atomic E-state index is 12.0. The zero-order chi connectivity index (χ0) is 10.9. The van der Waals surface area contributed by atoms with E-state index in [1.807, 2.05) is 37.3 Å². The number of Topliss-reactive ketones (excluding diaryl/α,β-unsaturated/α-hetero) is 1. The number of hydrogen-bond acceptors (Lipinski definition) is 1. The summed E-state index contributed by atoms with van der Waals surface area (Å²) in [6, 6.07) is 0. The Kier molecular flexibility index (Phi) is 2.47. The van der Waals surface area contributed by atoms with Crippen LogP contribution in [0.15, 0.2) is 48.6 Å². The molecule has 2 rings (SSSR count). The van der Waals surface area contributed by atoms with E-state index in [1.54, 1.807) is 0 Å². The van der Waals surface area contributed by atoms with Crippen molar-refractivity contribution in [2.45, 2.75) is 19.8 Å². The first-order chi connectivity index (χ1) is 7.18. The Morgan fingerprint density at radius 2 is 2.33 bits per heavy atom. The molecule has 0 amide bonds. The van der Waals surface area contributed by atoms with E-state index in [0.29, 0.717) is 18.1 Å². The van der Waals surface area contributed by atoms with Crippen LogP contribution in [0.25, 0.3) is 0 Å². The SMILES string of the molecule is C=CC[C@@H]1CC(=O)[C@]2(C)C=CC=CC=C12. The van der Waals surface area contributed by atoms with Crippen LogP contribution in [-0.4, -0.2) is 5.78 Å². The number of ketones is 1. The highest BCUT2D eigenvalue weighted by Gasteiger charge is 2.44. The van der Waals surface area contributed by atoms with Crippen LogP contribution in [0.4, 0.5) is 0 Å². The summed E-state index contributed by atoms with van der Waals surface area (Å²) in [4.78, 5) is 12.0. The van der Waals surface area contributed by atoms with Crippen LogP contribution in [0.2, 0.25) is 0 Å². The second-order valence-electron chi connectivity index (χ2n) is 4.42. The van der Waals surface area contributed by atoms with Crippen molar-refractivity contribution in [1.82, 2.24) is 0 Å². The molecular formula is C14H16O. The number of allylic oxidation sites excluding steroid dienone is 7. The number of rotatable bonds is 2. The van der Waals surface area contributed by atoms with Gasteiger partial charge in [0.25, 0.3) is 0 Å². The molecule has 0 saturated heterocycles. The predicted octanol–water partition coefficient (Wildman–Crippen LogP) is 3.21. The van der Waals surface area contributed by atoms with E-state index >= 15 is 0 Å². The fraction of sp³-hybridized carbons (Fsp3) is 0.357. The van der Waals surface area contributed by atoms with E-state index in [1.165, 1.54) is 5.57 Å². The molecule has 0 N–H and O–H groups in total. The van der Waals surface area contributed by atoms with Crippen molar-refractivity contribution in [3.05, 3.63) is 48.6 Å². The van der Waals surface area contributed by atoms with Gasteiger partial charge in [-0.25, -0.2) is 0 Å². The predicted molar refractivity (Wildman–Crippen MR) is 62.4 cm³/mol. The van der Waals surface area contributed by atoms with E-state index < -0.39 is 0 Å². The molecule has 78 valence electrons. The molecule has 1 heteroatoms. The van der Waals surface area contributed by atoms with Gasteiger partial charge in [0.05, 0.1) is 5.41 Å². The van der Waals surface area contributed by atoms with Gasteiger partial charge in [-0.1, -0.05) is 36.5 Å². The first-order valence-electron chi connectivity index (χ1n) is 5.39. The molecule has 0 bridgehead atoms. The Labute approximate surface area is 90.9 Å². The monoisotopic (exact) mass is 200 g/mol. The summed E-state index contributed by atoms with van der Waals surface area (Å²) in [7, 11) is 0. The van der Waals surface area contributed by atoms with E-state index in [4.69, 9.17) is 0 Å². The van der Waals surface area contributed by atoms with Crippen molar-refractivity contribution >= 4 is 5.78 Å². The van der Waals surface area contributed by atoms with Crippen LogP contribution in [0.5, 0.6) is 0 Å². The zero-order valence-corrected chi connectivity index (χ0v) is 9.07. The van der Waals surface area contributed by atoms with Crippen molar-refractivity contribution in [1.29, 1.82) is 0 Å². The average molecular weight is 200 g/mol. The van der Waals surface area contributed by atoms with Gasteiger partial charge in [0.2, 0.25) is 0 Å². The standard InChI is InChI=1S/C14H16O/c1-3-7-11-10-13(15)14(2)9-6-4-5-8-12(11)14/h3-6,8-9,11H,1,7,10H2,2H3/t11-,14-/m1/s1. The quantitative estimate of drug-likeness (QED) is 0.625. The lowest BCUT2D eigenvalue weighted by molar-refractivity contribution is -0.122. The molecule has 0 heterocycles. The molecule has 0 aromatic rings. The number of carbonyl (C=O) groups excluding carboxylic acids is 1. The second-order valence-corrected chi connectivity index (χ2v) is 4.42. The summed E-state index contributed by atoms with van der Waals surface area (Å²) in [6.07, 6.45) is 13.6. The van der Waals surface area contributed by atoms with Crippen molar-refractivity contribution in [3.8, 4) is 0 Å². The molecule has 2 aliphatic carbocycles. The minimum atomic E-state index is -0.364. The summed E-state index contributed by atoms with van der Waals surface area (Å²) in [5, 5.41) is 0. The van der Waals surface area contributed by atoms with Gasteiger partial charge in [-0.3, -0.25) is 4.79 Å². The second kappa shape index (κ2) is 3.65. The summed E-state index contributed by atoms with van der Waals surface area (Å²) in [5.41, 5.74) is 0.884. The van der Waals surface area contributed by atoms with Gasteiger partial charge in [0.15, 0.2) is 0 Å². The fourth-order valence-electron chi connectivity index (χ4n) is 2.51. The molecule has 0 radical (unpaired) electrons. The zero-order valence-electron chi connectivity index (χ0n) is 9.07. The van der Waals surface area contributed by atoms with Crippen LogP contribution < -0.4 is 0 Å².